The van der Waals surface area contributed by atoms with E-state index in [0.29, 0.717) is 0 Å². The summed E-state index contributed by atoms with van der Waals surface area (Å²) in [6.07, 6.45) is 7.76. The zero-order valence-corrected chi connectivity index (χ0v) is 9.98. The monoisotopic (exact) mass is 214 g/mol. The number of fused-ring (bicyclic) bond motifs is 2. The van der Waals surface area contributed by atoms with Gasteiger partial charge in [0.1, 0.15) is 0 Å². The molecule has 2 atom stereocenters. The van der Waals surface area contributed by atoms with Gasteiger partial charge in [-0.25, -0.2) is 0 Å². The Hall–Kier alpha value is 0.270. The van der Waals surface area contributed by atoms with Crippen LogP contribution in [0, 0.1) is 0 Å². The van der Waals surface area contributed by atoms with Crippen molar-refractivity contribution in [3.05, 3.63) is 0 Å². The number of hydrogen-bond donors (Lipinski definition) is 1. The molecule has 0 amide bonds. The van der Waals surface area contributed by atoms with Crippen LogP contribution in [-0.2, 0) is 0 Å². The molecule has 2 nitrogen and oxygen atoms in total. The van der Waals surface area contributed by atoms with Crippen LogP contribution in [0.25, 0.3) is 0 Å². The maximum Gasteiger partial charge on any atom is 0.0198 e. The first-order chi connectivity index (χ1) is 6.88. The summed E-state index contributed by atoms with van der Waals surface area (Å²) < 4.78 is 0. The molecule has 2 rings (SSSR count). The lowest BCUT2D eigenvalue weighted by Gasteiger charge is -2.23. The first kappa shape index (κ1) is 10.8. The molecule has 82 valence electrons. The van der Waals surface area contributed by atoms with E-state index in [9.17, 15) is 0 Å². The zero-order valence-electron chi connectivity index (χ0n) is 9.17. The Balaban J connectivity index is 1.72. The van der Waals surface area contributed by atoms with Crippen LogP contribution >= 0.6 is 11.8 Å². The lowest BCUT2D eigenvalue weighted by atomic mass is 10.1. The number of hydrogen-bond acceptors (Lipinski definition) is 3. The Kier molecular flexibility index (Phi) is 4.14. The summed E-state index contributed by atoms with van der Waals surface area (Å²) in [6.45, 7) is 3.93. The molecular weight excluding hydrogens is 192 g/mol. The Bertz CT molecular complexity index is 175. The standard InChI is InChI=1S/C11H22N2S/c1-14-8-2-6-13-7-5-10-3-4-11(9-13)12-10/h10-12H,2-9H2,1H3. The number of nitrogens with one attached hydrogen (secondary N) is 1. The van der Waals surface area contributed by atoms with Crippen molar-refractivity contribution in [2.24, 2.45) is 0 Å². The van der Waals surface area contributed by atoms with Gasteiger partial charge < -0.3 is 10.2 Å². The third-order valence-electron chi connectivity index (χ3n) is 3.43. The van der Waals surface area contributed by atoms with Gasteiger partial charge in [-0.3, -0.25) is 0 Å². The summed E-state index contributed by atoms with van der Waals surface area (Å²) in [5, 5.41) is 3.73. The van der Waals surface area contributed by atoms with E-state index in [1.807, 2.05) is 11.8 Å². The lowest BCUT2D eigenvalue weighted by Crippen LogP contribution is -2.35. The molecule has 0 radical (unpaired) electrons. The molecule has 3 heteroatoms. The Morgan fingerprint density at radius 2 is 2.14 bits per heavy atom. The van der Waals surface area contributed by atoms with Crippen molar-refractivity contribution >= 4 is 11.8 Å². The summed E-state index contributed by atoms with van der Waals surface area (Å²) in [5.41, 5.74) is 0. The van der Waals surface area contributed by atoms with Crippen LogP contribution in [-0.4, -0.2) is 48.6 Å². The van der Waals surface area contributed by atoms with Crippen LogP contribution in [0.3, 0.4) is 0 Å². The number of nitrogens with zero attached hydrogens (tertiary/aromatic N) is 1. The van der Waals surface area contributed by atoms with Crippen molar-refractivity contribution in [1.82, 2.24) is 10.2 Å². The zero-order chi connectivity index (χ0) is 9.80. The van der Waals surface area contributed by atoms with Gasteiger partial charge in [0, 0.05) is 18.6 Å². The number of rotatable bonds is 4. The molecule has 2 aliphatic rings. The van der Waals surface area contributed by atoms with Crippen LogP contribution < -0.4 is 5.32 Å². The summed E-state index contributed by atoms with van der Waals surface area (Å²) in [5.74, 6) is 1.32. The van der Waals surface area contributed by atoms with Gasteiger partial charge in [-0.05, 0) is 50.8 Å². The molecule has 0 aromatic rings. The third kappa shape index (κ3) is 2.88. The fourth-order valence-corrected chi connectivity index (χ4v) is 3.07. The van der Waals surface area contributed by atoms with Gasteiger partial charge in [0.2, 0.25) is 0 Å². The van der Waals surface area contributed by atoms with E-state index in [1.54, 1.807) is 0 Å². The predicted molar refractivity (Wildman–Crippen MR) is 64.0 cm³/mol. The fourth-order valence-electron chi connectivity index (χ4n) is 2.65. The van der Waals surface area contributed by atoms with E-state index >= 15 is 0 Å². The molecule has 2 saturated heterocycles. The molecule has 2 heterocycles. The second-order valence-electron chi connectivity index (χ2n) is 4.57. The van der Waals surface area contributed by atoms with Gasteiger partial charge in [0.15, 0.2) is 0 Å². The molecule has 0 spiro atoms. The summed E-state index contributed by atoms with van der Waals surface area (Å²) in [4.78, 5) is 2.66. The smallest absolute Gasteiger partial charge is 0.0198 e. The van der Waals surface area contributed by atoms with Crippen LogP contribution in [0.5, 0.6) is 0 Å². The van der Waals surface area contributed by atoms with Gasteiger partial charge in [-0.15, -0.1) is 0 Å². The average Bonchev–Trinajstić information content (AvgIpc) is 2.50. The van der Waals surface area contributed by atoms with Gasteiger partial charge in [-0.2, -0.15) is 11.8 Å². The van der Waals surface area contributed by atoms with Crippen molar-refractivity contribution in [1.29, 1.82) is 0 Å². The molecule has 2 fully saturated rings. The molecule has 0 aromatic carbocycles. The largest absolute Gasteiger partial charge is 0.310 e. The van der Waals surface area contributed by atoms with Crippen molar-refractivity contribution in [3.8, 4) is 0 Å². The Morgan fingerprint density at radius 1 is 1.29 bits per heavy atom. The lowest BCUT2D eigenvalue weighted by molar-refractivity contribution is 0.260. The molecule has 14 heavy (non-hydrogen) atoms. The molecular formula is C11H22N2S. The van der Waals surface area contributed by atoms with Crippen LogP contribution in [0.15, 0.2) is 0 Å². The van der Waals surface area contributed by atoms with Crippen LogP contribution in [0.2, 0.25) is 0 Å². The van der Waals surface area contributed by atoms with E-state index < -0.39 is 0 Å². The number of thioether (sulfide) groups is 1. The molecule has 0 aliphatic carbocycles. The van der Waals surface area contributed by atoms with E-state index in [1.165, 1.54) is 51.1 Å². The highest BCUT2D eigenvalue weighted by Crippen LogP contribution is 2.20. The Labute approximate surface area is 91.8 Å². The SMILES string of the molecule is CSCCCN1CCC2CCC(C1)N2. The normalized spacial score (nSPS) is 33.2. The topological polar surface area (TPSA) is 15.3 Å². The van der Waals surface area contributed by atoms with Gasteiger partial charge in [-0.1, -0.05) is 0 Å². The fraction of sp³-hybridized carbons (Fsp3) is 1.00. The molecule has 2 unspecified atom stereocenters. The molecule has 2 aliphatic heterocycles. The quantitative estimate of drug-likeness (QED) is 0.715. The maximum absolute atomic E-state index is 3.73. The minimum Gasteiger partial charge on any atom is -0.310 e. The van der Waals surface area contributed by atoms with Crippen LogP contribution in [0.4, 0.5) is 0 Å². The van der Waals surface area contributed by atoms with E-state index in [2.05, 4.69) is 16.5 Å². The Morgan fingerprint density at radius 3 is 3.00 bits per heavy atom. The maximum atomic E-state index is 3.73. The van der Waals surface area contributed by atoms with E-state index in [0.717, 1.165) is 12.1 Å². The van der Waals surface area contributed by atoms with Crippen molar-refractivity contribution < 1.29 is 0 Å². The summed E-state index contributed by atoms with van der Waals surface area (Å²) in [6, 6.07) is 1.64. The van der Waals surface area contributed by atoms with Gasteiger partial charge in [0.05, 0.1) is 0 Å². The molecule has 1 N–H and O–H groups in total. The highest BCUT2D eigenvalue weighted by atomic mass is 32.2. The van der Waals surface area contributed by atoms with Crippen molar-refractivity contribution in [2.75, 3.05) is 31.6 Å². The van der Waals surface area contributed by atoms with Gasteiger partial charge >= 0.3 is 0 Å². The van der Waals surface area contributed by atoms with Crippen molar-refractivity contribution in [2.45, 2.75) is 37.8 Å². The average molecular weight is 214 g/mol. The highest BCUT2D eigenvalue weighted by molar-refractivity contribution is 7.98. The predicted octanol–water partition coefficient (Wildman–Crippen LogP) is 1.57. The second kappa shape index (κ2) is 5.38. The highest BCUT2D eigenvalue weighted by Gasteiger charge is 2.28. The van der Waals surface area contributed by atoms with Crippen molar-refractivity contribution in [3.63, 3.8) is 0 Å². The molecule has 0 saturated carbocycles. The molecule has 2 bridgehead atoms. The first-order valence-electron chi connectivity index (χ1n) is 5.86. The molecule has 0 aromatic heterocycles. The second-order valence-corrected chi connectivity index (χ2v) is 5.56. The summed E-state index contributed by atoms with van der Waals surface area (Å²) >= 11 is 1.97. The van der Waals surface area contributed by atoms with Crippen LogP contribution in [0.1, 0.15) is 25.7 Å². The third-order valence-corrected chi connectivity index (χ3v) is 4.13. The summed E-state index contributed by atoms with van der Waals surface area (Å²) in [7, 11) is 0. The van der Waals surface area contributed by atoms with Gasteiger partial charge in [0.25, 0.3) is 0 Å². The van der Waals surface area contributed by atoms with E-state index in [-0.39, 0.29) is 0 Å². The first-order valence-corrected chi connectivity index (χ1v) is 7.25. The van der Waals surface area contributed by atoms with E-state index in [4.69, 9.17) is 0 Å². The minimum atomic E-state index is 0.803. The minimum absolute atomic E-state index is 0.803. The number of likely N-dealkylation sites (tertiary alicyclic amines) is 1.